The SMILES string of the molecule is CC(=O)[C@@H](N)Cc1cn(C(C)C)c2ccccc12.CC(=O)c1cc(=O)n(C(C)C)c(=O)[nH]1.CC(=O)c1ccc(C(C)C)s1.CC(=O)c1nc[nH]c1C(C)C.CC(C)n1cc(CC(=O)O)c2ccccc21.CC(C)n1cnc(/C=C/C(=O)O)c1. The van der Waals surface area contributed by atoms with E-state index in [0.29, 0.717) is 47.8 Å². The second-order valence-electron chi connectivity index (χ2n) is 21.5. The Balaban J connectivity index is 0.000000264. The normalized spacial score (nSPS) is 11.4. The number of rotatable bonds is 16. The number of hydrogen-bond donors (Lipinski definition) is 5. The number of nitrogens with zero attached hydrogens (tertiary/aromatic N) is 6. The second-order valence-corrected chi connectivity index (χ2v) is 22.6. The topological polar surface area (TPSA) is 280 Å². The standard InChI is InChI=1S/C15H20N2O.C13H15NO2.C9H12N2O3.C9H12N2O2.C9H12OS.C8H12N2O/c1-10(2)17-9-12(8-14(16)11(3)18)13-6-4-5-7-15(13)17;1-9(2)14-8-10(7-13(15)16)11-5-3-4-6-12(11)14;1-5(2)11-8(13)4-7(6(3)12)10-9(11)14;1-7(2)11-5-8(10-6-11)3-4-9(12)13;1-6(2)8-4-5-9(11-8)7(3)10;1-5(2)7-8(6(3)11)10-4-9-7/h4-7,9-10,14H,8,16H2,1-3H3;3-6,8-9H,7H2,1-2H3,(H,15,16);4-5H,1-3H3,(H,10,14);3-7H,1-2H3,(H,12,13);4-6H,1-3H3;4-5H,1-3H3,(H,9,10)/b;;;4-3+;;/t14-;;;;;/m0...../s1. The third-order valence-corrected chi connectivity index (χ3v) is 14.1. The molecule has 2 aromatic carbocycles. The molecule has 8 aromatic rings. The number of carboxylic acid groups (broad SMARTS) is 2. The summed E-state index contributed by atoms with van der Waals surface area (Å²) in [5, 5.41) is 19.5. The van der Waals surface area contributed by atoms with Crippen LogP contribution in [0.5, 0.6) is 0 Å². The van der Waals surface area contributed by atoms with Crippen molar-refractivity contribution in [1.29, 1.82) is 0 Å². The molecule has 0 aliphatic carbocycles. The molecule has 0 saturated carbocycles. The van der Waals surface area contributed by atoms with Crippen molar-refractivity contribution in [2.45, 2.75) is 166 Å². The molecular weight excluding hydrogens is 1070 g/mol. The Kier molecular flexibility index (Phi) is 26.8. The number of hydrogen-bond acceptors (Lipinski definition) is 12. The fourth-order valence-electron chi connectivity index (χ4n) is 8.19. The van der Waals surface area contributed by atoms with Gasteiger partial charge in [0.15, 0.2) is 17.3 Å². The van der Waals surface area contributed by atoms with Crippen LogP contribution in [0.15, 0.2) is 114 Å². The van der Waals surface area contributed by atoms with Crippen LogP contribution in [0, 0.1) is 0 Å². The molecule has 0 amide bonds. The number of para-hydroxylation sites is 2. The van der Waals surface area contributed by atoms with E-state index in [9.17, 15) is 38.4 Å². The molecular formula is C63H83N9O10S. The van der Waals surface area contributed by atoms with Gasteiger partial charge in [-0.3, -0.25) is 33.3 Å². The van der Waals surface area contributed by atoms with Crippen molar-refractivity contribution in [3.8, 4) is 0 Å². The lowest BCUT2D eigenvalue weighted by atomic mass is 10.0. The second kappa shape index (κ2) is 32.3. The minimum atomic E-state index is -0.959. The van der Waals surface area contributed by atoms with Gasteiger partial charge in [-0.25, -0.2) is 19.6 Å². The van der Waals surface area contributed by atoms with Gasteiger partial charge in [-0.05, 0) is 129 Å². The van der Waals surface area contributed by atoms with Crippen LogP contribution in [0.3, 0.4) is 0 Å². The molecule has 6 N–H and O–H groups in total. The van der Waals surface area contributed by atoms with E-state index >= 15 is 0 Å². The predicted octanol–water partition coefficient (Wildman–Crippen LogP) is 12.2. The number of nitrogens with two attached hydrogens (primary N) is 1. The molecule has 0 unspecified atom stereocenters. The Morgan fingerprint density at radius 2 is 1.22 bits per heavy atom. The minimum Gasteiger partial charge on any atom is -0.481 e. The maximum atomic E-state index is 11.4. The van der Waals surface area contributed by atoms with Crippen molar-refractivity contribution in [3.05, 3.63) is 169 Å². The molecule has 0 spiro atoms. The van der Waals surface area contributed by atoms with Gasteiger partial charge in [-0.2, -0.15) is 0 Å². The van der Waals surface area contributed by atoms with Crippen LogP contribution in [0.1, 0.15) is 205 Å². The van der Waals surface area contributed by atoms with E-state index in [1.54, 1.807) is 51.7 Å². The lowest BCUT2D eigenvalue weighted by Crippen LogP contribution is -2.37. The molecule has 0 aliphatic heterocycles. The number of carbonyl (C=O) groups is 6. The first kappa shape index (κ1) is 68.9. The lowest BCUT2D eigenvalue weighted by Gasteiger charge is -2.08. The first-order valence-electron chi connectivity index (χ1n) is 27.5. The fourth-order valence-corrected chi connectivity index (χ4v) is 9.10. The van der Waals surface area contributed by atoms with Crippen molar-refractivity contribution in [3.63, 3.8) is 0 Å². The Bertz CT molecular complexity index is 3580. The molecule has 6 aromatic heterocycles. The summed E-state index contributed by atoms with van der Waals surface area (Å²) in [7, 11) is 0. The summed E-state index contributed by atoms with van der Waals surface area (Å²) < 4.78 is 7.33. The molecule has 19 nitrogen and oxygen atoms in total. The van der Waals surface area contributed by atoms with Crippen LogP contribution in [0.2, 0.25) is 0 Å². The van der Waals surface area contributed by atoms with Gasteiger partial charge in [0.25, 0.3) is 5.56 Å². The lowest BCUT2D eigenvalue weighted by molar-refractivity contribution is -0.136. The summed E-state index contributed by atoms with van der Waals surface area (Å²) >= 11 is 1.60. The van der Waals surface area contributed by atoms with Crippen LogP contribution in [0.4, 0.5) is 0 Å². The van der Waals surface area contributed by atoms with Crippen LogP contribution < -0.4 is 17.0 Å². The molecule has 0 radical (unpaired) electrons. The zero-order valence-electron chi connectivity index (χ0n) is 50.7. The van der Waals surface area contributed by atoms with Gasteiger partial charge < -0.3 is 39.6 Å². The number of aliphatic carboxylic acids is 2. The van der Waals surface area contributed by atoms with E-state index in [2.05, 4.69) is 88.9 Å². The van der Waals surface area contributed by atoms with E-state index in [1.807, 2.05) is 93.2 Å². The van der Waals surface area contributed by atoms with Crippen molar-refractivity contribution in [1.82, 2.24) is 38.2 Å². The molecule has 6 heterocycles. The number of imidazole rings is 2. The van der Waals surface area contributed by atoms with Gasteiger partial charge >= 0.3 is 17.6 Å². The molecule has 0 saturated heterocycles. The maximum Gasteiger partial charge on any atom is 0.329 e. The van der Waals surface area contributed by atoms with Crippen molar-refractivity contribution in [2.75, 3.05) is 0 Å². The van der Waals surface area contributed by atoms with Crippen molar-refractivity contribution in [2.24, 2.45) is 5.73 Å². The summed E-state index contributed by atoms with van der Waals surface area (Å²) in [4.78, 5) is 103. The Morgan fingerprint density at radius 1 is 0.663 bits per heavy atom. The molecule has 0 aliphatic rings. The molecule has 20 heteroatoms. The zero-order valence-corrected chi connectivity index (χ0v) is 51.5. The van der Waals surface area contributed by atoms with Crippen LogP contribution in [0.25, 0.3) is 27.9 Å². The summed E-state index contributed by atoms with van der Waals surface area (Å²) in [5.41, 5.74) is 11.4. The van der Waals surface area contributed by atoms with Gasteiger partial charge in [-0.1, -0.05) is 64.1 Å². The van der Waals surface area contributed by atoms with E-state index < -0.39 is 29.2 Å². The Hall–Kier alpha value is -8.36. The molecule has 1 atom stereocenters. The zero-order chi connectivity index (χ0) is 62.6. The van der Waals surface area contributed by atoms with Crippen LogP contribution in [-0.2, 0) is 27.2 Å². The van der Waals surface area contributed by atoms with E-state index in [0.717, 1.165) is 49.3 Å². The number of benzene rings is 2. The van der Waals surface area contributed by atoms with Crippen molar-refractivity contribution >= 4 is 74.3 Å². The van der Waals surface area contributed by atoms with Crippen LogP contribution >= 0.6 is 11.3 Å². The summed E-state index contributed by atoms with van der Waals surface area (Å²) in [5.74, 6) is -0.974. The van der Waals surface area contributed by atoms with Gasteiger partial charge in [0.05, 0.1) is 41.4 Å². The van der Waals surface area contributed by atoms with E-state index in [1.165, 1.54) is 35.7 Å². The minimum absolute atomic E-state index is 0.0231. The number of aromatic nitrogens is 8. The fraction of sp³-hybridized carbons (Fsp3) is 0.397. The molecule has 446 valence electrons. The molecule has 83 heavy (non-hydrogen) atoms. The van der Waals surface area contributed by atoms with Gasteiger partial charge in [0.1, 0.15) is 11.5 Å². The monoisotopic (exact) mass is 1160 g/mol. The van der Waals surface area contributed by atoms with Crippen molar-refractivity contribution < 1.29 is 39.0 Å². The highest BCUT2D eigenvalue weighted by Crippen LogP contribution is 2.27. The van der Waals surface area contributed by atoms with E-state index in [-0.39, 0.29) is 41.3 Å². The summed E-state index contributed by atoms with van der Waals surface area (Å²) in [6.45, 7) is 30.3. The molecule has 0 bridgehead atoms. The summed E-state index contributed by atoms with van der Waals surface area (Å²) in [6.07, 6.45) is 12.4. The van der Waals surface area contributed by atoms with E-state index in [4.69, 9.17) is 15.9 Å². The highest BCUT2D eigenvalue weighted by molar-refractivity contribution is 7.14. The number of fused-ring (bicyclic) bond motifs is 2. The highest BCUT2D eigenvalue weighted by atomic mass is 32.1. The average Bonchev–Trinajstić information content (AvgIpc) is 4.30. The van der Waals surface area contributed by atoms with Gasteiger partial charge in [0, 0.05) is 101 Å². The number of carbonyl (C=O) groups excluding carboxylic acids is 4. The highest BCUT2D eigenvalue weighted by Gasteiger charge is 2.17. The number of nitrogens with one attached hydrogen (secondary N) is 2. The Labute approximate surface area is 489 Å². The number of ketones is 4. The number of carboxylic acids is 2. The maximum absolute atomic E-state index is 11.4. The molecule has 8 rings (SSSR count). The largest absolute Gasteiger partial charge is 0.481 e. The smallest absolute Gasteiger partial charge is 0.329 e. The predicted molar refractivity (Wildman–Crippen MR) is 330 cm³/mol. The van der Waals surface area contributed by atoms with Gasteiger partial charge in [-0.15, -0.1) is 11.3 Å². The Morgan fingerprint density at radius 3 is 1.61 bits per heavy atom. The first-order valence-corrected chi connectivity index (χ1v) is 28.3. The first-order chi connectivity index (χ1) is 38.9. The van der Waals surface area contributed by atoms with Crippen LogP contribution in [-0.4, -0.2) is 89.5 Å². The molecule has 0 fully saturated rings. The average molecular weight is 1160 g/mol. The quantitative estimate of drug-likeness (QED) is 0.0445. The third kappa shape index (κ3) is 20.8. The third-order valence-electron chi connectivity index (χ3n) is 12.7. The number of thiophene rings is 1. The number of aromatic amines is 2. The van der Waals surface area contributed by atoms with Gasteiger partial charge in [0.2, 0.25) is 0 Å². The number of H-pyrrole nitrogens is 2. The summed E-state index contributed by atoms with van der Waals surface area (Å²) in [6, 6.07) is 21.7. The number of Topliss-reactive ketones (excluding diaryl/α,β-unsaturated/α-hetero) is 4.